The second kappa shape index (κ2) is 4.93. The van der Waals surface area contributed by atoms with E-state index in [2.05, 4.69) is 9.97 Å². The molecule has 86 valence electrons. The lowest BCUT2D eigenvalue weighted by Gasteiger charge is -2.01. The van der Waals surface area contributed by atoms with Crippen molar-refractivity contribution in [2.75, 3.05) is 0 Å². The van der Waals surface area contributed by atoms with Gasteiger partial charge < -0.3 is 5.11 Å². The average Bonchev–Trinajstić information content (AvgIpc) is 2.33. The maximum Gasteiger partial charge on any atom is 0.338 e. The molecule has 1 aromatic heterocycles. The summed E-state index contributed by atoms with van der Waals surface area (Å²) in [5, 5.41) is 9.38. The molecule has 0 spiro atoms. The molecular formula is C12H9ClN2O2. The fourth-order valence-corrected chi connectivity index (χ4v) is 1.47. The van der Waals surface area contributed by atoms with Crippen molar-refractivity contribution in [1.82, 2.24) is 9.97 Å². The minimum Gasteiger partial charge on any atom is -0.478 e. The summed E-state index contributed by atoms with van der Waals surface area (Å²) in [5.41, 5.74) is 1.11. The Morgan fingerprint density at radius 3 is 2.29 bits per heavy atom. The van der Waals surface area contributed by atoms with Crippen LogP contribution in [0.2, 0.25) is 5.02 Å². The Balaban J connectivity index is 2.13. The summed E-state index contributed by atoms with van der Waals surface area (Å²) in [5.74, 6) is -0.444. The van der Waals surface area contributed by atoms with Crippen LogP contribution in [0.1, 0.15) is 21.7 Å². The zero-order valence-electron chi connectivity index (χ0n) is 8.80. The van der Waals surface area contributed by atoms with E-state index in [4.69, 9.17) is 16.7 Å². The molecule has 0 fully saturated rings. The molecule has 1 heterocycles. The molecule has 0 aliphatic heterocycles. The molecule has 0 saturated heterocycles. The van der Waals surface area contributed by atoms with Gasteiger partial charge in [0.25, 0.3) is 0 Å². The molecule has 0 aliphatic rings. The Bertz CT molecular complexity index is 523. The number of benzene rings is 1. The average molecular weight is 249 g/mol. The second-order valence-electron chi connectivity index (χ2n) is 3.50. The summed E-state index contributed by atoms with van der Waals surface area (Å²) in [7, 11) is 0. The Hall–Kier alpha value is -1.94. The molecule has 0 unspecified atom stereocenters. The summed E-state index contributed by atoms with van der Waals surface area (Å²) in [4.78, 5) is 18.6. The maximum absolute atomic E-state index is 10.6. The van der Waals surface area contributed by atoms with Crippen LogP contribution in [0.5, 0.6) is 0 Å². The lowest BCUT2D eigenvalue weighted by molar-refractivity contribution is 0.0696. The number of aromatic carboxylic acids is 1. The Morgan fingerprint density at radius 1 is 1.18 bits per heavy atom. The van der Waals surface area contributed by atoms with Gasteiger partial charge in [0.15, 0.2) is 0 Å². The van der Waals surface area contributed by atoms with Gasteiger partial charge in [-0.2, -0.15) is 0 Å². The number of hydrogen-bond acceptors (Lipinski definition) is 3. The van der Waals surface area contributed by atoms with Gasteiger partial charge in [-0.25, -0.2) is 14.8 Å². The number of nitrogens with zero attached hydrogens (tertiary/aromatic N) is 2. The SMILES string of the molecule is O=C(O)c1cnc(Cc2ccc(Cl)cc2)nc1. The van der Waals surface area contributed by atoms with E-state index in [0.29, 0.717) is 17.3 Å². The summed E-state index contributed by atoms with van der Waals surface area (Å²) in [6.45, 7) is 0. The van der Waals surface area contributed by atoms with E-state index in [0.717, 1.165) is 5.56 Å². The van der Waals surface area contributed by atoms with Crippen molar-refractivity contribution >= 4 is 17.6 Å². The van der Waals surface area contributed by atoms with Crippen molar-refractivity contribution in [2.24, 2.45) is 0 Å². The molecule has 17 heavy (non-hydrogen) atoms. The van der Waals surface area contributed by atoms with Crippen LogP contribution >= 0.6 is 11.6 Å². The van der Waals surface area contributed by atoms with E-state index in [1.165, 1.54) is 12.4 Å². The molecule has 0 bridgehead atoms. The van der Waals surface area contributed by atoms with E-state index in [-0.39, 0.29) is 5.56 Å². The number of aromatic nitrogens is 2. The third-order valence-corrected chi connectivity index (χ3v) is 2.48. The first kappa shape index (κ1) is 11.5. The van der Waals surface area contributed by atoms with Crippen molar-refractivity contribution in [3.63, 3.8) is 0 Å². The molecular weight excluding hydrogens is 240 g/mol. The quantitative estimate of drug-likeness (QED) is 0.906. The maximum atomic E-state index is 10.6. The topological polar surface area (TPSA) is 63.1 Å². The van der Waals surface area contributed by atoms with E-state index in [1.807, 2.05) is 12.1 Å². The van der Waals surface area contributed by atoms with Gasteiger partial charge in [0.2, 0.25) is 0 Å². The summed E-state index contributed by atoms with van der Waals surface area (Å²) < 4.78 is 0. The van der Waals surface area contributed by atoms with E-state index in [1.54, 1.807) is 12.1 Å². The molecule has 0 atom stereocenters. The Labute approximate surface area is 103 Å². The van der Waals surface area contributed by atoms with Crippen LogP contribution in [0.25, 0.3) is 0 Å². The molecule has 1 N–H and O–H groups in total. The van der Waals surface area contributed by atoms with Crippen LogP contribution in [0.3, 0.4) is 0 Å². The summed E-state index contributed by atoms with van der Waals surface area (Å²) in [6, 6.07) is 7.36. The van der Waals surface area contributed by atoms with Crippen LogP contribution in [0.4, 0.5) is 0 Å². The van der Waals surface area contributed by atoms with Crippen molar-refractivity contribution in [2.45, 2.75) is 6.42 Å². The van der Waals surface area contributed by atoms with Gasteiger partial charge >= 0.3 is 5.97 Å². The van der Waals surface area contributed by atoms with Gasteiger partial charge in [-0.3, -0.25) is 0 Å². The molecule has 0 aliphatic carbocycles. The number of halogens is 1. The van der Waals surface area contributed by atoms with Crippen molar-refractivity contribution in [3.05, 3.63) is 58.6 Å². The van der Waals surface area contributed by atoms with Gasteiger partial charge in [0, 0.05) is 23.8 Å². The van der Waals surface area contributed by atoms with Gasteiger partial charge in [0.05, 0.1) is 5.56 Å². The first-order valence-electron chi connectivity index (χ1n) is 4.94. The summed E-state index contributed by atoms with van der Waals surface area (Å²) in [6.07, 6.45) is 3.16. The largest absolute Gasteiger partial charge is 0.478 e. The minimum absolute atomic E-state index is 0.0878. The highest BCUT2D eigenvalue weighted by Crippen LogP contribution is 2.11. The molecule has 0 amide bonds. The fraction of sp³-hybridized carbons (Fsp3) is 0.0833. The highest BCUT2D eigenvalue weighted by atomic mass is 35.5. The zero-order valence-corrected chi connectivity index (χ0v) is 9.55. The number of carboxylic acids is 1. The molecule has 1 aromatic carbocycles. The third kappa shape index (κ3) is 3.01. The number of carbonyl (C=O) groups is 1. The predicted octanol–water partition coefficient (Wildman–Crippen LogP) is 2.42. The zero-order chi connectivity index (χ0) is 12.3. The molecule has 0 saturated carbocycles. The molecule has 2 rings (SSSR count). The van der Waals surface area contributed by atoms with Crippen molar-refractivity contribution in [3.8, 4) is 0 Å². The van der Waals surface area contributed by atoms with E-state index >= 15 is 0 Å². The van der Waals surface area contributed by atoms with Crippen LogP contribution in [0.15, 0.2) is 36.7 Å². The lowest BCUT2D eigenvalue weighted by Crippen LogP contribution is -2.02. The third-order valence-electron chi connectivity index (χ3n) is 2.23. The number of carboxylic acid groups (broad SMARTS) is 1. The highest BCUT2D eigenvalue weighted by molar-refractivity contribution is 6.30. The van der Waals surface area contributed by atoms with Crippen LogP contribution in [-0.2, 0) is 6.42 Å². The van der Waals surface area contributed by atoms with Gasteiger partial charge in [0.1, 0.15) is 5.82 Å². The minimum atomic E-state index is -1.02. The number of rotatable bonds is 3. The van der Waals surface area contributed by atoms with Crippen LogP contribution < -0.4 is 0 Å². The summed E-state index contributed by atoms with van der Waals surface area (Å²) >= 11 is 5.77. The Kier molecular flexibility index (Phi) is 3.35. The van der Waals surface area contributed by atoms with Crippen LogP contribution in [-0.4, -0.2) is 21.0 Å². The first-order valence-corrected chi connectivity index (χ1v) is 5.31. The highest BCUT2D eigenvalue weighted by Gasteiger charge is 2.04. The molecule has 2 aromatic rings. The lowest BCUT2D eigenvalue weighted by atomic mass is 10.1. The Morgan fingerprint density at radius 2 is 1.76 bits per heavy atom. The van der Waals surface area contributed by atoms with E-state index < -0.39 is 5.97 Å². The first-order chi connectivity index (χ1) is 8.15. The monoisotopic (exact) mass is 248 g/mol. The second-order valence-corrected chi connectivity index (χ2v) is 3.93. The van der Waals surface area contributed by atoms with Gasteiger partial charge in [-0.1, -0.05) is 23.7 Å². The van der Waals surface area contributed by atoms with E-state index in [9.17, 15) is 4.79 Å². The standard InChI is InChI=1S/C12H9ClN2O2/c13-10-3-1-8(2-4-10)5-11-14-6-9(7-15-11)12(16)17/h1-4,6-7H,5H2,(H,16,17). The molecule has 0 radical (unpaired) electrons. The van der Waals surface area contributed by atoms with Crippen molar-refractivity contribution in [1.29, 1.82) is 0 Å². The van der Waals surface area contributed by atoms with Crippen molar-refractivity contribution < 1.29 is 9.90 Å². The fourth-order valence-electron chi connectivity index (χ4n) is 1.34. The van der Waals surface area contributed by atoms with Gasteiger partial charge in [-0.15, -0.1) is 0 Å². The normalized spacial score (nSPS) is 10.2. The molecule has 5 heteroatoms. The number of hydrogen-bond donors (Lipinski definition) is 1. The van der Waals surface area contributed by atoms with Gasteiger partial charge in [-0.05, 0) is 17.7 Å². The molecule has 4 nitrogen and oxygen atoms in total. The van der Waals surface area contributed by atoms with Crippen LogP contribution in [0, 0.1) is 0 Å². The predicted molar refractivity (Wildman–Crippen MR) is 63.2 cm³/mol. The smallest absolute Gasteiger partial charge is 0.338 e.